The fraction of sp³-hybridized carbons (Fsp3) is 0.474. The van der Waals surface area contributed by atoms with Crippen molar-refractivity contribution < 1.29 is 14.5 Å². The van der Waals surface area contributed by atoms with Crippen molar-refractivity contribution in [2.24, 2.45) is 0 Å². The summed E-state index contributed by atoms with van der Waals surface area (Å²) in [5.74, 6) is 0.169. The van der Waals surface area contributed by atoms with Crippen molar-refractivity contribution in [2.45, 2.75) is 25.3 Å². The normalized spacial score (nSPS) is 18.7. The zero-order valence-corrected chi connectivity index (χ0v) is 14.3. The minimum Gasteiger partial charge on any atom is -0.348 e. The van der Waals surface area contributed by atoms with Gasteiger partial charge in [0.2, 0.25) is 0 Å². The van der Waals surface area contributed by atoms with Crippen LogP contribution in [0.3, 0.4) is 0 Å². The predicted molar refractivity (Wildman–Crippen MR) is 93.4 cm³/mol. The van der Waals surface area contributed by atoms with Crippen molar-refractivity contribution in [1.82, 2.24) is 10.2 Å². The van der Waals surface area contributed by atoms with E-state index < -0.39 is 0 Å². The Kier molecular flexibility index (Phi) is 5.30. The molecule has 1 aliphatic heterocycles. The molecule has 0 radical (unpaired) electrons. The molecule has 1 aliphatic carbocycles. The summed E-state index contributed by atoms with van der Waals surface area (Å²) in [6.07, 6.45) is 5.21. The van der Waals surface area contributed by atoms with E-state index in [-0.39, 0.29) is 11.8 Å². The number of rotatable bonds is 6. The van der Waals surface area contributed by atoms with Gasteiger partial charge in [0.25, 0.3) is 11.8 Å². The average molecular weight is 328 g/mol. The van der Waals surface area contributed by atoms with Gasteiger partial charge in [-0.1, -0.05) is 36.4 Å². The zero-order valence-electron chi connectivity index (χ0n) is 14.3. The standard InChI is InChI=1S/C19H25N3O2/c1-21(13-18(23)20-17-7-8-17)14-19(24)22-11-9-16(10-12-22)15-5-3-2-4-6-15/h2-6,9,17H,7-8,10-14H2,1H3,(H,20,23)/p+1. The minimum absolute atomic E-state index is 0.0488. The number of carbonyl (C=O) groups is 2. The number of likely N-dealkylation sites (N-methyl/N-ethyl adjacent to an activating group) is 1. The highest BCUT2D eigenvalue weighted by atomic mass is 16.2. The van der Waals surface area contributed by atoms with Crippen LogP contribution < -0.4 is 10.2 Å². The molecule has 0 saturated heterocycles. The van der Waals surface area contributed by atoms with Gasteiger partial charge >= 0.3 is 0 Å². The maximum Gasteiger partial charge on any atom is 0.278 e. The first-order valence-corrected chi connectivity index (χ1v) is 8.74. The summed E-state index contributed by atoms with van der Waals surface area (Å²) in [5.41, 5.74) is 2.55. The maximum atomic E-state index is 12.4. The van der Waals surface area contributed by atoms with E-state index in [4.69, 9.17) is 0 Å². The SMILES string of the molecule is C[NH+](CC(=O)NC1CC1)CC(=O)N1CC=C(c2ccccc2)CC1. The highest BCUT2D eigenvalue weighted by Gasteiger charge is 2.26. The average Bonchev–Trinajstić information content (AvgIpc) is 3.39. The smallest absolute Gasteiger partial charge is 0.278 e. The molecule has 1 fully saturated rings. The highest BCUT2D eigenvalue weighted by Crippen LogP contribution is 2.21. The molecule has 2 N–H and O–H groups in total. The van der Waals surface area contributed by atoms with Gasteiger partial charge in [0.15, 0.2) is 13.1 Å². The number of hydrogen-bond acceptors (Lipinski definition) is 2. The molecule has 3 rings (SSSR count). The second-order valence-corrected chi connectivity index (χ2v) is 6.84. The van der Waals surface area contributed by atoms with Crippen molar-refractivity contribution in [3.8, 4) is 0 Å². The molecule has 1 aromatic carbocycles. The Morgan fingerprint density at radius 1 is 1.21 bits per heavy atom. The van der Waals surface area contributed by atoms with Gasteiger partial charge < -0.3 is 15.1 Å². The van der Waals surface area contributed by atoms with Crippen molar-refractivity contribution >= 4 is 17.4 Å². The summed E-state index contributed by atoms with van der Waals surface area (Å²) >= 11 is 0. The largest absolute Gasteiger partial charge is 0.348 e. The van der Waals surface area contributed by atoms with E-state index in [9.17, 15) is 9.59 Å². The van der Waals surface area contributed by atoms with Crippen LogP contribution in [0.5, 0.6) is 0 Å². The van der Waals surface area contributed by atoms with Gasteiger partial charge in [-0.15, -0.1) is 0 Å². The molecule has 5 heteroatoms. The van der Waals surface area contributed by atoms with E-state index in [1.54, 1.807) is 0 Å². The van der Waals surface area contributed by atoms with Crippen LogP contribution in [0.2, 0.25) is 0 Å². The van der Waals surface area contributed by atoms with E-state index in [2.05, 4.69) is 23.5 Å². The summed E-state index contributed by atoms with van der Waals surface area (Å²) in [7, 11) is 1.90. The Labute approximate surface area is 143 Å². The molecule has 128 valence electrons. The highest BCUT2D eigenvalue weighted by molar-refractivity contribution is 5.80. The van der Waals surface area contributed by atoms with Crippen LogP contribution in [0.15, 0.2) is 36.4 Å². The van der Waals surface area contributed by atoms with Crippen molar-refractivity contribution in [2.75, 3.05) is 33.2 Å². The van der Waals surface area contributed by atoms with Crippen LogP contribution in [-0.4, -0.2) is 56.0 Å². The first-order valence-electron chi connectivity index (χ1n) is 8.74. The van der Waals surface area contributed by atoms with Gasteiger partial charge in [-0.05, 0) is 30.4 Å². The number of amides is 2. The topological polar surface area (TPSA) is 53.9 Å². The van der Waals surface area contributed by atoms with Gasteiger partial charge in [0.1, 0.15) is 0 Å². The first kappa shape index (κ1) is 16.7. The first-order chi connectivity index (χ1) is 11.6. The predicted octanol–water partition coefficient (Wildman–Crippen LogP) is 0.0956. The maximum absolute atomic E-state index is 12.4. The molecule has 1 unspecified atom stereocenters. The van der Waals surface area contributed by atoms with Crippen LogP contribution in [0, 0.1) is 0 Å². The molecule has 2 aliphatic rings. The van der Waals surface area contributed by atoms with Gasteiger partial charge in [-0.2, -0.15) is 0 Å². The van der Waals surface area contributed by atoms with Crippen LogP contribution >= 0.6 is 0 Å². The van der Waals surface area contributed by atoms with E-state index in [0.717, 1.165) is 30.7 Å². The number of nitrogens with one attached hydrogen (secondary N) is 2. The van der Waals surface area contributed by atoms with Crippen LogP contribution in [-0.2, 0) is 9.59 Å². The van der Waals surface area contributed by atoms with Gasteiger partial charge in [-0.3, -0.25) is 9.59 Å². The molecule has 1 saturated carbocycles. The lowest BCUT2D eigenvalue weighted by molar-refractivity contribution is -0.863. The lowest BCUT2D eigenvalue weighted by Crippen LogP contribution is -3.11. The number of hydrogen-bond donors (Lipinski definition) is 2. The van der Waals surface area contributed by atoms with E-state index in [1.807, 2.05) is 30.1 Å². The summed E-state index contributed by atoms with van der Waals surface area (Å²) in [6, 6.07) is 10.7. The van der Waals surface area contributed by atoms with Crippen molar-refractivity contribution in [3.05, 3.63) is 42.0 Å². The molecule has 0 aromatic heterocycles. The zero-order chi connectivity index (χ0) is 16.9. The minimum atomic E-state index is 0.0488. The third-order valence-electron chi connectivity index (χ3n) is 4.56. The van der Waals surface area contributed by atoms with Crippen LogP contribution in [0.1, 0.15) is 24.8 Å². The molecular weight excluding hydrogens is 302 g/mol. The van der Waals surface area contributed by atoms with Gasteiger partial charge in [0.05, 0.1) is 7.05 Å². The summed E-state index contributed by atoms with van der Waals surface area (Å²) < 4.78 is 0. The second kappa shape index (κ2) is 7.62. The molecule has 0 bridgehead atoms. The number of carbonyl (C=O) groups excluding carboxylic acids is 2. The van der Waals surface area contributed by atoms with Gasteiger partial charge in [0, 0.05) is 19.1 Å². The quantitative estimate of drug-likeness (QED) is 0.778. The number of quaternary nitrogens is 1. The molecule has 24 heavy (non-hydrogen) atoms. The Bertz CT molecular complexity index is 623. The van der Waals surface area contributed by atoms with Crippen LogP contribution in [0.4, 0.5) is 0 Å². The van der Waals surface area contributed by atoms with E-state index in [0.29, 0.717) is 25.7 Å². The second-order valence-electron chi connectivity index (χ2n) is 6.84. The Balaban J connectivity index is 1.46. The van der Waals surface area contributed by atoms with E-state index >= 15 is 0 Å². The third kappa shape index (κ3) is 4.68. The summed E-state index contributed by atoms with van der Waals surface area (Å²) in [6.45, 7) is 2.14. The number of benzene rings is 1. The monoisotopic (exact) mass is 328 g/mol. The fourth-order valence-electron chi connectivity index (χ4n) is 3.02. The lowest BCUT2D eigenvalue weighted by atomic mass is 9.99. The molecule has 2 amide bonds. The Hall–Kier alpha value is -2.14. The Morgan fingerprint density at radius 3 is 2.58 bits per heavy atom. The van der Waals surface area contributed by atoms with Crippen molar-refractivity contribution in [1.29, 1.82) is 0 Å². The molecule has 0 spiro atoms. The lowest BCUT2D eigenvalue weighted by Gasteiger charge is -2.27. The molecule has 5 nitrogen and oxygen atoms in total. The summed E-state index contributed by atoms with van der Waals surface area (Å²) in [4.78, 5) is 27.0. The van der Waals surface area contributed by atoms with E-state index in [1.165, 1.54) is 11.1 Å². The Morgan fingerprint density at radius 2 is 1.96 bits per heavy atom. The van der Waals surface area contributed by atoms with Crippen molar-refractivity contribution in [3.63, 3.8) is 0 Å². The van der Waals surface area contributed by atoms with Crippen LogP contribution in [0.25, 0.3) is 5.57 Å². The molecular formula is C19H26N3O2+. The summed E-state index contributed by atoms with van der Waals surface area (Å²) in [5, 5.41) is 2.97. The molecule has 1 atom stereocenters. The third-order valence-corrected chi connectivity index (χ3v) is 4.56. The fourth-order valence-corrected chi connectivity index (χ4v) is 3.02. The molecule has 1 aromatic rings. The molecule has 1 heterocycles. The number of nitrogens with zero attached hydrogens (tertiary/aromatic N) is 1. The van der Waals surface area contributed by atoms with Gasteiger partial charge in [-0.25, -0.2) is 0 Å².